The SMILES string of the molecule is CC(c1ccc(F)cc1)C1CCNCC1. The fraction of sp³-hybridized carbons (Fsp3) is 0.538. The molecule has 1 aliphatic rings. The number of halogens is 1. The van der Waals surface area contributed by atoms with Gasteiger partial charge in [-0.2, -0.15) is 0 Å². The van der Waals surface area contributed by atoms with Gasteiger partial charge in [-0.25, -0.2) is 4.39 Å². The average molecular weight is 207 g/mol. The zero-order valence-electron chi connectivity index (χ0n) is 9.17. The molecule has 1 nitrogen and oxygen atoms in total. The van der Waals surface area contributed by atoms with Crippen LogP contribution in [0.3, 0.4) is 0 Å². The van der Waals surface area contributed by atoms with Crippen LogP contribution in [0, 0.1) is 11.7 Å². The van der Waals surface area contributed by atoms with E-state index in [0.29, 0.717) is 5.92 Å². The average Bonchev–Trinajstić information content (AvgIpc) is 2.30. The van der Waals surface area contributed by atoms with Crippen LogP contribution in [-0.4, -0.2) is 13.1 Å². The summed E-state index contributed by atoms with van der Waals surface area (Å²) in [4.78, 5) is 0. The molecule has 0 aliphatic carbocycles. The lowest BCUT2D eigenvalue weighted by Crippen LogP contribution is -2.30. The molecule has 82 valence electrons. The minimum absolute atomic E-state index is 0.142. The molecule has 2 rings (SSSR count). The molecule has 1 fully saturated rings. The van der Waals surface area contributed by atoms with E-state index in [9.17, 15) is 4.39 Å². The Balaban J connectivity index is 2.05. The molecule has 0 saturated carbocycles. The first-order valence-electron chi connectivity index (χ1n) is 5.73. The van der Waals surface area contributed by atoms with Crippen molar-refractivity contribution in [1.29, 1.82) is 0 Å². The summed E-state index contributed by atoms with van der Waals surface area (Å²) in [5.41, 5.74) is 1.27. The summed E-state index contributed by atoms with van der Waals surface area (Å²) in [6.07, 6.45) is 2.47. The first kappa shape index (κ1) is 10.6. The van der Waals surface area contributed by atoms with E-state index in [0.717, 1.165) is 19.0 Å². The summed E-state index contributed by atoms with van der Waals surface area (Å²) < 4.78 is 12.8. The molecule has 15 heavy (non-hydrogen) atoms. The van der Waals surface area contributed by atoms with E-state index in [4.69, 9.17) is 0 Å². The van der Waals surface area contributed by atoms with Crippen LogP contribution in [0.2, 0.25) is 0 Å². The molecule has 0 spiro atoms. The monoisotopic (exact) mass is 207 g/mol. The second-order valence-corrected chi connectivity index (χ2v) is 4.43. The zero-order chi connectivity index (χ0) is 10.7. The third kappa shape index (κ3) is 2.57. The van der Waals surface area contributed by atoms with Gasteiger partial charge < -0.3 is 5.32 Å². The molecular formula is C13H18FN. The van der Waals surface area contributed by atoms with Gasteiger partial charge in [0.25, 0.3) is 0 Å². The van der Waals surface area contributed by atoms with Gasteiger partial charge in [0.05, 0.1) is 0 Å². The van der Waals surface area contributed by atoms with Gasteiger partial charge in [0.2, 0.25) is 0 Å². The molecule has 1 unspecified atom stereocenters. The number of hydrogen-bond donors (Lipinski definition) is 1. The van der Waals surface area contributed by atoms with Crippen LogP contribution < -0.4 is 5.32 Å². The van der Waals surface area contributed by atoms with Crippen molar-refractivity contribution in [3.8, 4) is 0 Å². The Labute approximate surface area is 90.7 Å². The fourth-order valence-corrected chi connectivity index (χ4v) is 2.38. The van der Waals surface area contributed by atoms with Crippen LogP contribution in [0.4, 0.5) is 4.39 Å². The Morgan fingerprint density at radius 2 is 1.80 bits per heavy atom. The molecular weight excluding hydrogens is 189 g/mol. The van der Waals surface area contributed by atoms with Crippen LogP contribution in [0.15, 0.2) is 24.3 Å². The first-order chi connectivity index (χ1) is 7.27. The van der Waals surface area contributed by atoms with Crippen molar-refractivity contribution in [2.75, 3.05) is 13.1 Å². The van der Waals surface area contributed by atoms with Crippen LogP contribution >= 0.6 is 0 Å². The standard InChI is InChI=1S/C13H18FN/c1-10(12-6-8-15-9-7-12)11-2-4-13(14)5-3-11/h2-5,10,12,15H,6-9H2,1H3. The summed E-state index contributed by atoms with van der Waals surface area (Å²) in [6.45, 7) is 4.50. The predicted octanol–water partition coefficient (Wildman–Crippen LogP) is 2.93. The topological polar surface area (TPSA) is 12.0 Å². The van der Waals surface area contributed by atoms with E-state index < -0.39 is 0 Å². The predicted molar refractivity (Wildman–Crippen MR) is 60.4 cm³/mol. The Bertz CT molecular complexity index is 301. The molecule has 1 heterocycles. The van der Waals surface area contributed by atoms with E-state index in [2.05, 4.69) is 12.2 Å². The largest absolute Gasteiger partial charge is 0.317 e. The Morgan fingerprint density at radius 1 is 1.20 bits per heavy atom. The molecule has 0 bridgehead atoms. The second-order valence-electron chi connectivity index (χ2n) is 4.43. The molecule has 1 N–H and O–H groups in total. The molecule has 1 atom stereocenters. The van der Waals surface area contributed by atoms with Gasteiger partial charge in [-0.15, -0.1) is 0 Å². The van der Waals surface area contributed by atoms with E-state index in [1.165, 1.54) is 18.4 Å². The molecule has 0 aromatic heterocycles. The smallest absolute Gasteiger partial charge is 0.123 e. The third-order valence-electron chi connectivity index (χ3n) is 3.49. The van der Waals surface area contributed by atoms with Gasteiger partial charge in [-0.05, 0) is 55.5 Å². The Kier molecular flexibility index (Phi) is 3.37. The maximum Gasteiger partial charge on any atom is 0.123 e. The van der Waals surface area contributed by atoms with Crippen molar-refractivity contribution in [3.05, 3.63) is 35.6 Å². The molecule has 2 heteroatoms. The van der Waals surface area contributed by atoms with Crippen molar-refractivity contribution < 1.29 is 4.39 Å². The van der Waals surface area contributed by atoms with Crippen molar-refractivity contribution in [1.82, 2.24) is 5.32 Å². The van der Waals surface area contributed by atoms with Gasteiger partial charge in [0.1, 0.15) is 5.82 Å². The van der Waals surface area contributed by atoms with E-state index in [-0.39, 0.29) is 5.82 Å². The van der Waals surface area contributed by atoms with Crippen LogP contribution in [0.1, 0.15) is 31.2 Å². The summed E-state index contributed by atoms with van der Waals surface area (Å²) in [5.74, 6) is 1.15. The summed E-state index contributed by atoms with van der Waals surface area (Å²) in [6, 6.07) is 6.96. The van der Waals surface area contributed by atoms with Gasteiger partial charge in [0.15, 0.2) is 0 Å². The lowest BCUT2D eigenvalue weighted by atomic mass is 9.82. The quantitative estimate of drug-likeness (QED) is 0.786. The van der Waals surface area contributed by atoms with Crippen molar-refractivity contribution >= 4 is 0 Å². The van der Waals surface area contributed by atoms with Gasteiger partial charge in [-0.1, -0.05) is 19.1 Å². The Hall–Kier alpha value is -0.890. The van der Waals surface area contributed by atoms with Gasteiger partial charge >= 0.3 is 0 Å². The first-order valence-corrected chi connectivity index (χ1v) is 5.73. The highest BCUT2D eigenvalue weighted by molar-refractivity contribution is 5.20. The van der Waals surface area contributed by atoms with E-state index >= 15 is 0 Å². The van der Waals surface area contributed by atoms with E-state index in [1.807, 2.05) is 12.1 Å². The molecule has 1 aliphatic heterocycles. The van der Waals surface area contributed by atoms with Crippen LogP contribution in [0.25, 0.3) is 0 Å². The van der Waals surface area contributed by atoms with Crippen molar-refractivity contribution in [2.24, 2.45) is 5.92 Å². The number of benzene rings is 1. The highest BCUT2D eigenvalue weighted by Crippen LogP contribution is 2.30. The third-order valence-corrected chi connectivity index (χ3v) is 3.49. The Morgan fingerprint density at radius 3 is 2.40 bits per heavy atom. The lowest BCUT2D eigenvalue weighted by molar-refractivity contribution is 0.330. The maximum absolute atomic E-state index is 12.8. The van der Waals surface area contributed by atoms with Crippen LogP contribution in [-0.2, 0) is 0 Å². The molecule has 0 radical (unpaired) electrons. The fourth-order valence-electron chi connectivity index (χ4n) is 2.38. The second kappa shape index (κ2) is 4.75. The highest BCUT2D eigenvalue weighted by Gasteiger charge is 2.20. The molecule has 1 aromatic rings. The molecule has 1 saturated heterocycles. The number of hydrogen-bond acceptors (Lipinski definition) is 1. The number of piperidine rings is 1. The van der Waals surface area contributed by atoms with E-state index in [1.54, 1.807) is 12.1 Å². The summed E-state index contributed by atoms with van der Waals surface area (Å²) in [7, 11) is 0. The minimum Gasteiger partial charge on any atom is -0.317 e. The van der Waals surface area contributed by atoms with Gasteiger partial charge in [0, 0.05) is 0 Å². The number of nitrogens with one attached hydrogen (secondary N) is 1. The minimum atomic E-state index is -0.142. The lowest BCUT2D eigenvalue weighted by Gasteiger charge is -2.28. The maximum atomic E-state index is 12.8. The van der Waals surface area contributed by atoms with Crippen molar-refractivity contribution in [3.63, 3.8) is 0 Å². The van der Waals surface area contributed by atoms with Crippen molar-refractivity contribution in [2.45, 2.75) is 25.7 Å². The summed E-state index contributed by atoms with van der Waals surface area (Å²) in [5, 5.41) is 3.37. The molecule has 0 amide bonds. The summed E-state index contributed by atoms with van der Waals surface area (Å²) >= 11 is 0. The highest BCUT2D eigenvalue weighted by atomic mass is 19.1. The molecule has 1 aromatic carbocycles. The zero-order valence-corrected chi connectivity index (χ0v) is 9.17. The van der Waals surface area contributed by atoms with Crippen LogP contribution in [0.5, 0.6) is 0 Å². The number of rotatable bonds is 2. The van der Waals surface area contributed by atoms with Gasteiger partial charge in [-0.3, -0.25) is 0 Å². The normalized spacial score (nSPS) is 20.1.